The molecule has 0 spiro atoms. The van der Waals surface area contributed by atoms with E-state index in [0.717, 1.165) is 12.1 Å². The van der Waals surface area contributed by atoms with Crippen LogP contribution in [-0.2, 0) is 16.6 Å². The lowest BCUT2D eigenvalue weighted by Crippen LogP contribution is -2.14. The summed E-state index contributed by atoms with van der Waals surface area (Å²) in [6.45, 7) is -0.169. The number of benzene rings is 1. The minimum atomic E-state index is -4.26. The van der Waals surface area contributed by atoms with E-state index in [-0.39, 0.29) is 38.7 Å². The SMILES string of the molecule is O=S(=O)(Nc1cc(F)c(Br)cc1F)c1cn(CCO)c2nc(Cl)ccc12. The monoisotopic (exact) mass is 465 g/mol. The van der Waals surface area contributed by atoms with Gasteiger partial charge in [-0.1, -0.05) is 11.6 Å². The number of aromatic nitrogens is 2. The Balaban J connectivity index is 2.12. The Morgan fingerprint density at radius 3 is 2.69 bits per heavy atom. The van der Waals surface area contributed by atoms with E-state index < -0.39 is 27.3 Å². The first kappa shape index (κ1) is 19.0. The lowest BCUT2D eigenvalue weighted by molar-refractivity contribution is 0.277. The number of rotatable bonds is 5. The third-order valence-corrected chi connectivity index (χ3v) is 5.75. The molecule has 0 bridgehead atoms. The maximum absolute atomic E-state index is 14.0. The van der Waals surface area contributed by atoms with Crippen LogP contribution in [0.1, 0.15) is 0 Å². The van der Waals surface area contributed by atoms with Crippen molar-refractivity contribution in [2.75, 3.05) is 11.3 Å². The molecule has 2 N–H and O–H groups in total. The fourth-order valence-electron chi connectivity index (χ4n) is 2.40. The van der Waals surface area contributed by atoms with E-state index in [9.17, 15) is 17.2 Å². The van der Waals surface area contributed by atoms with Crippen LogP contribution in [-0.4, -0.2) is 29.7 Å². The molecule has 0 aliphatic rings. The van der Waals surface area contributed by atoms with Gasteiger partial charge in [0.1, 0.15) is 27.3 Å². The molecule has 3 rings (SSSR count). The van der Waals surface area contributed by atoms with E-state index in [1.807, 2.05) is 4.72 Å². The van der Waals surface area contributed by atoms with Gasteiger partial charge in [-0.25, -0.2) is 22.2 Å². The van der Waals surface area contributed by atoms with Crippen molar-refractivity contribution in [1.29, 1.82) is 0 Å². The second-order valence-corrected chi connectivity index (χ2v) is 8.16. The molecule has 0 saturated heterocycles. The Labute approximate surface area is 160 Å². The normalized spacial score (nSPS) is 11.9. The van der Waals surface area contributed by atoms with Crippen molar-refractivity contribution in [3.8, 4) is 0 Å². The molecule has 0 fully saturated rings. The summed E-state index contributed by atoms with van der Waals surface area (Å²) in [7, 11) is -4.26. The van der Waals surface area contributed by atoms with E-state index in [2.05, 4.69) is 20.9 Å². The number of pyridine rings is 1. The molecule has 0 radical (unpaired) electrons. The molecule has 0 saturated carbocycles. The van der Waals surface area contributed by atoms with Crippen molar-refractivity contribution < 1.29 is 22.3 Å². The highest BCUT2D eigenvalue weighted by Gasteiger charge is 2.24. The van der Waals surface area contributed by atoms with Gasteiger partial charge in [0, 0.05) is 24.2 Å². The van der Waals surface area contributed by atoms with E-state index in [4.69, 9.17) is 16.7 Å². The Morgan fingerprint density at radius 1 is 1.27 bits per heavy atom. The number of aliphatic hydroxyl groups is 1. The summed E-state index contributed by atoms with van der Waals surface area (Å²) in [6.07, 6.45) is 1.25. The first-order chi connectivity index (χ1) is 12.2. The summed E-state index contributed by atoms with van der Waals surface area (Å²) in [5.74, 6) is -1.76. The van der Waals surface area contributed by atoms with Crippen molar-refractivity contribution in [3.05, 3.63) is 51.7 Å². The number of fused-ring (bicyclic) bond motifs is 1. The molecule has 0 amide bonds. The second kappa shape index (κ2) is 7.10. The van der Waals surface area contributed by atoms with E-state index >= 15 is 0 Å². The van der Waals surface area contributed by atoms with Gasteiger partial charge < -0.3 is 9.67 Å². The van der Waals surface area contributed by atoms with Crippen molar-refractivity contribution in [2.45, 2.75) is 11.4 Å². The highest BCUT2D eigenvalue weighted by atomic mass is 79.9. The Hall–Kier alpha value is -1.75. The third kappa shape index (κ3) is 3.54. The van der Waals surface area contributed by atoms with Gasteiger partial charge in [0.2, 0.25) is 0 Å². The Bertz CT molecular complexity index is 1110. The number of hydrogen-bond acceptors (Lipinski definition) is 4. The minimum Gasteiger partial charge on any atom is -0.395 e. The lowest BCUT2D eigenvalue weighted by atomic mass is 10.3. The summed E-state index contributed by atoms with van der Waals surface area (Å²) >= 11 is 8.67. The quantitative estimate of drug-likeness (QED) is 0.445. The molecule has 0 atom stereocenters. The molecular weight excluding hydrogens is 456 g/mol. The zero-order chi connectivity index (χ0) is 19.1. The largest absolute Gasteiger partial charge is 0.395 e. The molecule has 3 aromatic rings. The van der Waals surface area contributed by atoms with Gasteiger partial charge in [-0.2, -0.15) is 0 Å². The minimum absolute atomic E-state index is 0.0840. The molecular formula is C15H11BrClF2N3O3S. The molecule has 0 aliphatic heterocycles. The zero-order valence-corrected chi connectivity index (χ0v) is 16.0. The number of halogens is 4. The van der Waals surface area contributed by atoms with E-state index in [1.165, 1.54) is 22.9 Å². The molecule has 26 heavy (non-hydrogen) atoms. The van der Waals surface area contributed by atoms with Gasteiger partial charge in [-0.3, -0.25) is 4.72 Å². The number of aliphatic hydroxyl groups excluding tert-OH is 1. The van der Waals surface area contributed by atoms with Gasteiger partial charge >= 0.3 is 0 Å². The molecule has 2 aromatic heterocycles. The smallest absolute Gasteiger partial charge is 0.264 e. The average Bonchev–Trinajstić information content (AvgIpc) is 2.92. The molecule has 138 valence electrons. The predicted molar refractivity (Wildman–Crippen MR) is 96.7 cm³/mol. The van der Waals surface area contributed by atoms with Crippen LogP contribution in [0, 0.1) is 11.6 Å². The Kier molecular flexibility index (Phi) is 5.20. The highest BCUT2D eigenvalue weighted by Crippen LogP contribution is 2.29. The molecule has 11 heteroatoms. The Morgan fingerprint density at radius 2 is 2.00 bits per heavy atom. The van der Waals surface area contributed by atoms with Gasteiger partial charge in [0.15, 0.2) is 0 Å². The molecule has 1 aromatic carbocycles. The molecule has 2 heterocycles. The van der Waals surface area contributed by atoms with Crippen LogP contribution in [0.2, 0.25) is 5.15 Å². The molecule has 0 unspecified atom stereocenters. The van der Waals surface area contributed by atoms with Crippen LogP contribution in [0.4, 0.5) is 14.5 Å². The number of sulfonamides is 1. The van der Waals surface area contributed by atoms with Crippen molar-refractivity contribution in [2.24, 2.45) is 0 Å². The number of anilines is 1. The van der Waals surface area contributed by atoms with Crippen LogP contribution in [0.25, 0.3) is 11.0 Å². The average molecular weight is 467 g/mol. The highest BCUT2D eigenvalue weighted by molar-refractivity contribution is 9.10. The summed E-state index contributed by atoms with van der Waals surface area (Å²) in [5, 5.41) is 9.52. The van der Waals surface area contributed by atoms with Crippen molar-refractivity contribution >= 4 is 54.3 Å². The summed E-state index contributed by atoms with van der Waals surface area (Å²) in [4.78, 5) is 3.86. The summed E-state index contributed by atoms with van der Waals surface area (Å²) < 4.78 is 56.4. The lowest BCUT2D eigenvalue weighted by Gasteiger charge is -2.09. The fraction of sp³-hybridized carbons (Fsp3) is 0.133. The maximum atomic E-state index is 14.0. The predicted octanol–water partition coefficient (Wildman–Crippen LogP) is 3.52. The van der Waals surface area contributed by atoms with Crippen LogP contribution in [0.15, 0.2) is 39.8 Å². The van der Waals surface area contributed by atoms with Gasteiger partial charge in [-0.05, 0) is 34.1 Å². The number of hydrogen-bond donors (Lipinski definition) is 2. The van der Waals surface area contributed by atoms with Crippen LogP contribution in [0.5, 0.6) is 0 Å². The summed E-state index contributed by atoms with van der Waals surface area (Å²) in [6, 6.07) is 4.42. The van der Waals surface area contributed by atoms with Crippen LogP contribution >= 0.6 is 27.5 Å². The zero-order valence-electron chi connectivity index (χ0n) is 12.9. The molecule has 6 nitrogen and oxygen atoms in total. The second-order valence-electron chi connectivity index (χ2n) is 5.27. The topological polar surface area (TPSA) is 84.2 Å². The van der Waals surface area contributed by atoms with Crippen molar-refractivity contribution in [3.63, 3.8) is 0 Å². The van der Waals surface area contributed by atoms with Crippen LogP contribution in [0.3, 0.4) is 0 Å². The third-order valence-electron chi connectivity index (χ3n) is 3.54. The fourth-order valence-corrected chi connectivity index (χ4v) is 4.13. The maximum Gasteiger partial charge on any atom is 0.264 e. The first-order valence-electron chi connectivity index (χ1n) is 7.16. The van der Waals surface area contributed by atoms with Crippen molar-refractivity contribution in [1.82, 2.24) is 9.55 Å². The summed E-state index contributed by atoms with van der Waals surface area (Å²) in [5.41, 5.74) is -0.287. The van der Waals surface area contributed by atoms with Gasteiger partial charge in [0.25, 0.3) is 10.0 Å². The van der Waals surface area contributed by atoms with Gasteiger partial charge in [0.05, 0.1) is 16.8 Å². The van der Waals surface area contributed by atoms with E-state index in [0.29, 0.717) is 0 Å². The first-order valence-corrected chi connectivity index (χ1v) is 9.82. The van der Waals surface area contributed by atoms with E-state index in [1.54, 1.807) is 0 Å². The number of nitrogens with one attached hydrogen (secondary N) is 1. The van der Waals surface area contributed by atoms with Crippen LogP contribution < -0.4 is 4.72 Å². The van der Waals surface area contributed by atoms with Gasteiger partial charge in [-0.15, -0.1) is 0 Å². The number of nitrogens with zero attached hydrogens (tertiary/aromatic N) is 2. The standard InChI is InChI=1S/C15H11BrClF2N3O3S/c16-9-5-11(19)12(6-10(9)18)21-26(24,25)13-7-22(3-4-23)15-8(13)1-2-14(17)20-15/h1-2,5-7,21,23H,3-4H2. The molecule has 0 aliphatic carbocycles.